The molecule has 1 aromatic heterocycles. The molecule has 36 heavy (non-hydrogen) atoms. The van der Waals surface area contributed by atoms with Crippen molar-refractivity contribution in [3.63, 3.8) is 0 Å². The van der Waals surface area contributed by atoms with Crippen LogP contribution in [0.1, 0.15) is 23.0 Å². The lowest BCUT2D eigenvalue weighted by Crippen LogP contribution is -2.25. The number of methoxy groups -OCH3 is 2. The lowest BCUT2D eigenvalue weighted by molar-refractivity contribution is -0.113. The monoisotopic (exact) mass is 527 g/mol. The molecule has 0 aliphatic carbocycles. The van der Waals surface area contributed by atoms with Gasteiger partial charge >= 0.3 is 5.97 Å². The fraction of sp³-hybridized carbons (Fsp3) is 0.280. The Balaban J connectivity index is 1.62. The van der Waals surface area contributed by atoms with Crippen LogP contribution in [0.15, 0.2) is 57.3 Å². The summed E-state index contributed by atoms with van der Waals surface area (Å²) in [6, 6.07) is 11.8. The van der Waals surface area contributed by atoms with Crippen LogP contribution in [0.2, 0.25) is 0 Å². The topological polar surface area (TPSA) is 109 Å². The number of esters is 1. The largest absolute Gasteiger partial charge is 0.493 e. The number of carbonyl (C=O) groups is 2. The van der Waals surface area contributed by atoms with Gasteiger partial charge < -0.3 is 19.5 Å². The number of carbonyl (C=O) groups excluding carboxylic acids is 2. The van der Waals surface area contributed by atoms with Gasteiger partial charge in [0.1, 0.15) is 0 Å². The van der Waals surface area contributed by atoms with Gasteiger partial charge in [0.2, 0.25) is 5.91 Å². The van der Waals surface area contributed by atoms with E-state index in [0.29, 0.717) is 39.3 Å². The standard InChI is InChI=1S/C25H25N3O6S2/c1-4-34-24(31)16-7-5-6-8-17(16)26-21(29)14-36-25-27-18-11-12-35-22(18)23(30)28(25)15-9-10-19(32-2)20(13-15)33-3/h5-10,13H,4,11-12,14H2,1-3H3,(H,26,29). The van der Waals surface area contributed by atoms with Gasteiger partial charge in [0.15, 0.2) is 16.7 Å². The summed E-state index contributed by atoms with van der Waals surface area (Å²) in [6.07, 6.45) is 0.689. The van der Waals surface area contributed by atoms with E-state index in [1.165, 1.54) is 30.5 Å². The fourth-order valence-corrected chi connectivity index (χ4v) is 5.53. The highest BCUT2D eigenvalue weighted by atomic mass is 32.2. The van der Waals surface area contributed by atoms with E-state index in [0.717, 1.165) is 23.2 Å². The molecule has 0 radical (unpaired) electrons. The molecule has 1 aliphatic rings. The molecule has 0 fully saturated rings. The molecule has 0 unspecified atom stereocenters. The van der Waals surface area contributed by atoms with Crippen LogP contribution in [0.5, 0.6) is 11.5 Å². The molecule has 1 amide bonds. The molecule has 9 nitrogen and oxygen atoms in total. The summed E-state index contributed by atoms with van der Waals surface area (Å²) >= 11 is 2.62. The highest BCUT2D eigenvalue weighted by molar-refractivity contribution is 8.00. The van der Waals surface area contributed by atoms with E-state index in [2.05, 4.69) is 5.32 Å². The second kappa shape index (κ2) is 11.5. The van der Waals surface area contributed by atoms with E-state index >= 15 is 0 Å². The minimum Gasteiger partial charge on any atom is -0.493 e. The summed E-state index contributed by atoms with van der Waals surface area (Å²) in [6.45, 7) is 1.95. The van der Waals surface area contributed by atoms with Crippen molar-refractivity contribution in [3.05, 3.63) is 64.1 Å². The predicted molar refractivity (Wildman–Crippen MR) is 139 cm³/mol. The first-order valence-electron chi connectivity index (χ1n) is 11.2. The third-order valence-electron chi connectivity index (χ3n) is 5.32. The maximum Gasteiger partial charge on any atom is 0.340 e. The first-order chi connectivity index (χ1) is 17.5. The van der Waals surface area contributed by atoms with Gasteiger partial charge in [-0.1, -0.05) is 23.9 Å². The Hall–Kier alpha value is -3.44. The molecule has 1 N–H and O–H groups in total. The van der Waals surface area contributed by atoms with Crippen molar-refractivity contribution in [1.29, 1.82) is 0 Å². The maximum atomic E-state index is 13.4. The normalized spacial score (nSPS) is 12.1. The number of ether oxygens (including phenoxy) is 3. The minimum atomic E-state index is -0.513. The van der Waals surface area contributed by atoms with Gasteiger partial charge in [-0.2, -0.15) is 0 Å². The zero-order valence-corrected chi connectivity index (χ0v) is 21.7. The zero-order chi connectivity index (χ0) is 25.7. The van der Waals surface area contributed by atoms with Crippen LogP contribution in [-0.4, -0.2) is 53.8 Å². The van der Waals surface area contributed by atoms with Crippen LogP contribution >= 0.6 is 23.5 Å². The smallest absolute Gasteiger partial charge is 0.340 e. The van der Waals surface area contributed by atoms with Crippen molar-refractivity contribution in [2.24, 2.45) is 0 Å². The number of aromatic nitrogens is 2. The van der Waals surface area contributed by atoms with Crippen molar-refractivity contribution in [3.8, 4) is 17.2 Å². The lowest BCUT2D eigenvalue weighted by atomic mass is 10.2. The number of amides is 1. The summed E-state index contributed by atoms with van der Waals surface area (Å²) in [5.41, 5.74) is 1.73. The summed E-state index contributed by atoms with van der Waals surface area (Å²) in [5.74, 6) is 0.901. The number of fused-ring (bicyclic) bond motifs is 1. The Morgan fingerprint density at radius 2 is 1.92 bits per heavy atom. The molecule has 0 atom stereocenters. The zero-order valence-electron chi connectivity index (χ0n) is 20.0. The molecule has 188 valence electrons. The van der Waals surface area contributed by atoms with Crippen LogP contribution in [-0.2, 0) is 16.0 Å². The number of rotatable bonds is 9. The number of benzene rings is 2. The van der Waals surface area contributed by atoms with Gasteiger partial charge in [0, 0.05) is 18.2 Å². The summed E-state index contributed by atoms with van der Waals surface area (Å²) in [7, 11) is 3.06. The molecule has 2 aromatic carbocycles. The van der Waals surface area contributed by atoms with E-state index in [9.17, 15) is 14.4 Å². The number of thioether (sulfide) groups is 2. The number of hydrogen-bond acceptors (Lipinski definition) is 9. The fourth-order valence-electron chi connectivity index (χ4n) is 3.68. The molecule has 4 rings (SSSR count). The van der Waals surface area contributed by atoms with Gasteiger partial charge in [0.25, 0.3) is 5.56 Å². The molecule has 0 spiro atoms. The molecular formula is C25H25N3O6S2. The molecule has 1 aliphatic heterocycles. The molecule has 0 saturated heterocycles. The number of aryl methyl sites for hydroxylation is 1. The average molecular weight is 528 g/mol. The first kappa shape index (κ1) is 25.6. The highest BCUT2D eigenvalue weighted by Crippen LogP contribution is 2.33. The summed E-state index contributed by atoms with van der Waals surface area (Å²) < 4.78 is 17.3. The van der Waals surface area contributed by atoms with Crippen LogP contribution in [0, 0.1) is 0 Å². The molecule has 0 bridgehead atoms. The summed E-state index contributed by atoms with van der Waals surface area (Å²) in [5, 5.41) is 3.15. The third-order valence-corrected chi connectivity index (χ3v) is 7.37. The predicted octanol–water partition coefficient (Wildman–Crippen LogP) is 3.81. The van der Waals surface area contributed by atoms with Crippen LogP contribution in [0.4, 0.5) is 5.69 Å². The Labute approximate surface area is 216 Å². The molecular weight excluding hydrogens is 502 g/mol. The Bertz CT molecular complexity index is 1360. The van der Waals surface area contributed by atoms with E-state index in [-0.39, 0.29) is 29.4 Å². The van der Waals surface area contributed by atoms with Gasteiger partial charge in [-0.15, -0.1) is 11.8 Å². The Morgan fingerprint density at radius 3 is 2.67 bits per heavy atom. The Morgan fingerprint density at radius 1 is 1.14 bits per heavy atom. The van der Waals surface area contributed by atoms with Crippen molar-refractivity contribution in [2.75, 3.05) is 37.6 Å². The number of hydrogen-bond donors (Lipinski definition) is 1. The van der Waals surface area contributed by atoms with E-state index in [1.54, 1.807) is 49.4 Å². The maximum absolute atomic E-state index is 13.4. The molecule has 11 heteroatoms. The Kier molecular flexibility index (Phi) is 8.21. The average Bonchev–Trinajstić information content (AvgIpc) is 3.36. The van der Waals surface area contributed by atoms with E-state index in [1.807, 2.05) is 0 Å². The minimum absolute atomic E-state index is 0.0250. The van der Waals surface area contributed by atoms with Crippen molar-refractivity contribution in [2.45, 2.75) is 23.4 Å². The van der Waals surface area contributed by atoms with Crippen LogP contribution in [0.3, 0.4) is 0 Å². The number of anilines is 1. The lowest BCUT2D eigenvalue weighted by Gasteiger charge is -2.16. The molecule has 0 saturated carbocycles. The van der Waals surface area contributed by atoms with Gasteiger partial charge in [0.05, 0.1) is 54.1 Å². The highest BCUT2D eigenvalue weighted by Gasteiger charge is 2.24. The second-order valence-corrected chi connectivity index (χ2v) is 9.60. The van der Waals surface area contributed by atoms with Crippen LogP contribution in [0.25, 0.3) is 5.69 Å². The van der Waals surface area contributed by atoms with Crippen molar-refractivity contribution in [1.82, 2.24) is 9.55 Å². The van der Waals surface area contributed by atoms with Crippen molar-refractivity contribution >= 4 is 41.1 Å². The van der Waals surface area contributed by atoms with Gasteiger partial charge in [-0.3, -0.25) is 14.2 Å². The number of para-hydroxylation sites is 1. The van der Waals surface area contributed by atoms with Gasteiger partial charge in [-0.05, 0) is 31.2 Å². The second-order valence-electron chi connectivity index (χ2n) is 7.55. The molecule has 2 heterocycles. The first-order valence-corrected chi connectivity index (χ1v) is 13.1. The van der Waals surface area contributed by atoms with Gasteiger partial charge in [-0.25, -0.2) is 9.78 Å². The SMILES string of the molecule is CCOC(=O)c1ccccc1NC(=O)CSc1nc2c(c(=O)n1-c1ccc(OC)c(OC)c1)SCC2. The van der Waals surface area contributed by atoms with E-state index < -0.39 is 5.97 Å². The number of nitrogens with one attached hydrogen (secondary N) is 1. The molecule has 3 aromatic rings. The van der Waals surface area contributed by atoms with Crippen LogP contribution < -0.4 is 20.3 Å². The third kappa shape index (κ3) is 5.36. The van der Waals surface area contributed by atoms with Crippen molar-refractivity contribution < 1.29 is 23.8 Å². The quantitative estimate of drug-likeness (QED) is 0.252. The summed E-state index contributed by atoms with van der Waals surface area (Å²) in [4.78, 5) is 43.8. The number of nitrogens with zero attached hydrogens (tertiary/aromatic N) is 2. The van der Waals surface area contributed by atoms with E-state index in [4.69, 9.17) is 19.2 Å².